The van der Waals surface area contributed by atoms with Gasteiger partial charge >= 0.3 is 0 Å². The first-order chi connectivity index (χ1) is 12.9. The van der Waals surface area contributed by atoms with Gasteiger partial charge in [-0.25, -0.2) is 0 Å². The number of amides is 2. The van der Waals surface area contributed by atoms with Gasteiger partial charge in [-0.3, -0.25) is 9.59 Å². The second kappa shape index (κ2) is 11.7. The number of aliphatic hydroxyl groups is 1. The van der Waals surface area contributed by atoms with Crippen molar-refractivity contribution >= 4 is 11.8 Å². The first-order valence-corrected chi connectivity index (χ1v) is 9.77. The van der Waals surface area contributed by atoms with E-state index in [1.165, 1.54) is 0 Å². The maximum Gasteiger partial charge on any atom is 0.251 e. The van der Waals surface area contributed by atoms with Gasteiger partial charge in [0, 0.05) is 37.8 Å². The molecule has 1 aromatic rings. The summed E-state index contributed by atoms with van der Waals surface area (Å²) < 4.78 is 0. The molecule has 27 heavy (non-hydrogen) atoms. The van der Waals surface area contributed by atoms with Gasteiger partial charge in [0.25, 0.3) is 5.91 Å². The molecule has 3 atom stereocenters. The molecule has 1 fully saturated rings. The third kappa shape index (κ3) is 6.63. The minimum absolute atomic E-state index is 0.0337. The first kappa shape index (κ1) is 23.1. The Morgan fingerprint density at radius 1 is 1.22 bits per heavy atom. The van der Waals surface area contributed by atoms with Crippen molar-refractivity contribution in [3.63, 3.8) is 0 Å². The molecule has 1 heterocycles. The van der Waals surface area contributed by atoms with Crippen molar-refractivity contribution in [3.05, 3.63) is 35.9 Å². The van der Waals surface area contributed by atoms with E-state index in [0.29, 0.717) is 17.9 Å². The van der Waals surface area contributed by atoms with Gasteiger partial charge in [0.2, 0.25) is 5.91 Å². The molecule has 2 amide bonds. The summed E-state index contributed by atoms with van der Waals surface area (Å²) >= 11 is 0. The fraction of sp³-hybridized carbons (Fsp3) is 0.619. The molecule has 3 unspecified atom stereocenters. The number of nitrogens with one attached hydrogen (secondary N) is 2. The van der Waals surface area contributed by atoms with E-state index in [4.69, 9.17) is 5.11 Å². The van der Waals surface area contributed by atoms with E-state index in [-0.39, 0.29) is 23.9 Å². The lowest BCUT2D eigenvalue weighted by Crippen LogP contribution is -2.62. The number of hydrogen-bond acceptors (Lipinski definition) is 4. The lowest BCUT2D eigenvalue weighted by Gasteiger charge is -2.43. The molecule has 0 radical (unpaired) electrons. The van der Waals surface area contributed by atoms with Crippen LogP contribution in [0.4, 0.5) is 0 Å². The second-order valence-electron chi connectivity index (χ2n) is 7.34. The van der Waals surface area contributed by atoms with E-state index < -0.39 is 6.04 Å². The van der Waals surface area contributed by atoms with Crippen LogP contribution in [0.15, 0.2) is 30.3 Å². The highest BCUT2D eigenvalue weighted by Gasteiger charge is 2.35. The minimum Gasteiger partial charge on any atom is -0.400 e. The van der Waals surface area contributed by atoms with Gasteiger partial charge in [-0.2, -0.15) is 0 Å². The largest absolute Gasteiger partial charge is 0.400 e. The molecule has 6 heteroatoms. The molecule has 0 bridgehead atoms. The van der Waals surface area contributed by atoms with Crippen LogP contribution in [-0.4, -0.2) is 60.1 Å². The van der Waals surface area contributed by atoms with Crippen LogP contribution >= 0.6 is 0 Å². The van der Waals surface area contributed by atoms with Crippen LogP contribution in [0.2, 0.25) is 0 Å². The molecular formula is C21H35N3O3. The Morgan fingerprint density at radius 2 is 1.85 bits per heavy atom. The number of carbonyl (C=O) groups excluding carboxylic acids is 2. The van der Waals surface area contributed by atoms with Crippen molar-refractivity contribution in [1.29, 1.82) is 0 Å². The van der Waals surface area contributed by atoms with Gasteiger partial charge < -0.3 is 20.6 Å². The Morgan fingerprint density at radius 3 is 2.41 bits per heavy atom. The summed E-state index contributed by atoms with van der Waals surface area (Å²) in [6, 6.07) is 8.89. The Hall–Kier alpha value is -1.92. The topological polar surface area (TPSA) is 81.7 Å². The third-order valence-electron chi connectivity index (χ3n) is 4.73. The molecule has 0 spiro atoms. The summed E-state index contributed by atoms with van der Waals surface area (Å²) in [5, 5.41) is 13.3. The summed E-state index contributed by atoms with van der Waals surface area (Å²) in [6.07, 6.45) is 1.55. The molecular weight excluding hydrogens is 342 g/mol. The number of carbonyl (C=O) groups is 2. The standard InChI is InChI=1S/C20H31N3O2.CH4O/c1-5-18(22-19(24)16-9-7-6-8-10-16)20(25)23-15(4)12-21-13-17(23)11-14(2)3;1-2/h6-10,14-15,17-18,21H,5,11-13H2,1-4H3,(H,22,24);2H,1H3. The summed E-state index contributed by atoms with van der Waals surface area (Å²) in [4.78, 5) is 27.6. The summed E-state index contributed by atoms with van der Waals surface area (Å²) in [7, 11) is 1.00. The second-order valence-corrected chi connectivity index (χ2v) is 7.34. The molecule has 0 aliphatic carbocycles. The quantitative estimate of drug-likeness (QED) is 0.709. The van der Waals surface area contributed by atoms with Crippen molar-refractivity contribution in [1.82, 2.24) is 15.5 Å². The highest BCUT2D eigenvalue weighted by atomic mass is 16.2. The van der Waals surface area contributed by atoms with E-state index in [1.807, 2.05) is 30.0 Å². The number of nitrogens with zero attached hydrogens (tertiary/aromatic N) is 1. The monoisotopic (exact) mass is 377 g/mol. The summed E-state index contributed by atoms with van der Waals surface area (Å²) in [6.45, 7) is 9.98. The lowest BCUT2D eigenvalue weighted by atomic mass is 9.97. The highest BCUT2D eigenvalue weighted by molar-refractivity contribution is 5.97. The third-order valence-corrected chi connectivity index (χ3v) is 4.73. The van der Waals surface area contributed by atoms with Crippen molar-refractivity contribution < 1.29 is 14.7 Å². The number of hydrogen-bond donors (Lipinski definition) is 3. The molecule has 152 valence electrons. The Balaban J connectivity index is 0.00000176. The molecule has 0 saturated carbocycles. The molecule has 1 saturated heterocycles. The van der Waals surface area contributed by atoms with E-state index >= 15 is 0 Å². The van der Waals surface area contributed by atoms with Crippen LogP contribution in [0, 0.1) is 5.92 Å². The summed E-state index contributed by atoms with van der Waals surface area (Å²) in [5.74, 6) is 0.363. The normalized spacial score (nSPS) is 20.5. The van der Waals surface area contributed by atoms with Crippen molar-refractivity contribution in [2.75, 3.05) is 20.2 Å². The Bertz CT molecular complexity index is 577. The number of piperazine rings is 1. The summed E-state index contributed by atoms with van der Waals surface area (Å²) in [5.41, 5.74) is 0.584. The molecule has 1 aliphatic rings. The van der Waals surface area contributed by atoms with Crippen molar-refractivity contribution in [2.45, 2.75) is 58.7 Å². The fourth-order valence-corrected chi connectivity index (χ4v) is 3.50. The maximum atomic E-state index is 13.2. The van der Waals surface area contributed by atoms with Gasteiger partial charge in [0.1, 0.15) is 6.04 Å². The van der Waals surface area contributed by atoms with Crippen molar-refractivity contribution in [2.24, 2.45) is 5.92 Å². The minimum atomic E-state index is -0.483. The van der Waals surface area contributed by atoms with Crippen LogP contribution < -0.4 is 10.6 Å². The van der Waals surface area contributed by atoms with Gasteiger partial charge in [-0.15, -0.1) is 0 Å². The molecule has 1 aromatic carbocycles. The lowest BCUT2D eigenvalue weighted by molar-refractivity contribution is -0.139. The number of benzene rings is 1. The van der Waals surface area contributed by atoms with Crippen LogP contribution in [-0.2, 0) is 4.79 Å². The van der Waals surface area contributed by atoms with Crippen LogP contribution in [0.1, 0.15) is 50.9 Å². The molecule has 2 rings (SSSR count). The zero-order valence-electron chi connectivity index (χ0n) is 17.2. The number of aliphatic hydroxyl groups excluding tert-OH is 1. The molecule has 1 aliphatic heterocycles. The van der Waals surface area contributed by atoms with E-state index in [2.05, 4.69) is 31.4 Å². The van der Waals surface area contributed by atoms with Gasteiger partial charge in [-0.05, 0) is 37.8 Å². The average Bonchev–Trinajstić information content (AvgIpc) is 2.67. The molecule has 6 nitrogen and oxygen atoms in total. The predicted octanol–water partition coefficient (Wildman–Crippen LogP) is 2.04. The zero-order chi connectivity index (χ0) is 20.4. The van der Waals surface area contributed by atoms with Crippen LogP contribution in [0.25, 0.3) is 0 Å². The molecule has 0 aromatic heterocycles. The molecule has 3 N–H and O–H groups in total. The van der Waals surface area contributed by atoms with E-state index in [9.17, 15) is 9.59 Å². The van der Waals surface area contributed by atoms with Gasteiger partial charge in [0.15, 0.2) is 0 Å². The Labute approximate surface area is 163 Å². The highest BCUT2D eigenvalue weighted by Crippen LogP contribution is 2.19. The van der Waals surface area contributed by atoms with Crippen LogP contribution in [0.5, 0.6) is 0 Å². The number of rotatable bonds is 6. The zero-order valence-corrected chi connectivity index (χ0v) is 17.2. The fourth-order valence-electron chi connectivity index (χ4n) is 3.50. The average molecular weight is 378 g/mol. The predicted molar refractivity (Wildman–Crippen MR) is 109 cm³/mol. The van der Waals surface area contributed by atoms with Crippen molar-refractivity contribution in [3.8, 4) is 0 Å². The van der Waals surface area contributed by atoms with Gasteiger partial charge in [0.05, 0.1) is 0 Å². The maximum absolute atomic E-state index is 13.2. The first-order valence-electron chi connectivity index (χ1n) is 9.77. The smallest absolute Gasteiger partial charge is 0.251 e. The van der Waals surface area contributed by atoms with Gasteiger partial charge in [-0.1, -0.05) is 39.0 Å². The van der Waals surface area contributed by atoms with Crippen LogP contribution in [0.3, 0.4) is 0 Å². The Kier molecular flexibility index (Phi) is 10.0. The van der Waals surface area contributed by atoms with E-state index in [0.717, 1.165) is 26.6 Å². The van der Waals surface area contributed by atoms with E-state index in [1.54, 1.807) is 12.1 Å². The SMILES string of the molecule is CCC(NC(=O)c1ccccc1)C(=O)N1C(C)CNCC1CC(C)C.CO.